The van der Waals surface area contributed by atoms with Crippen LogP contribution in [0.1, 0.15) is 36.5 Å². The van der Waals surface area contributed by atoms with Gasteiger partial charge in [0.2, 0.25) is 0 Å². The van der Waals surface area contributed by atoms with Gasteiger partial charge in [0.15, 0.2) is 0 Å². The molecular weight excluding hydrogens is 405 g/mol. The van der Waals surface area contributed by atoms with Gasteiger partial charge in [0.25, 0.3) is 0 Å². The van der Waals surface area contributed by atoms with E-state index in [1.54, 1.807) is 16.7 Å². The van der Waals surface area contributed by atoms with Crippen molar-refractivity contribution < 1.29 is 19.4 Å². The third kappa shape index (κ3) is 3.54. The molecule has 0 aliphatic rings. The van der Waals surface area contributed by atoms with Crippen LogP contribution in [0, 0.1) is 5.82 Å². The molecule has 0 radical (unpaired) electrons. The van der Waals surface area contributed by atoms with Gasteiger partial charge < -0.3 is 9.30 Å². The summed E-state index contributed by atoms with van der Waals surface area (Å²) in [6.07, 6.45) is 0.889. The highest BCUT2D eigenvalue weighted by Gasteiger charge is 2.18. The summed E-state index contributed by atoms with van der Waals surface area (Å²) in [6, 6.07) is 12.3. The smallest absolute Gasteiger partial charge is 0.435 e. The Hall–Kier alpha value is -3.93. The van der Waals surface area contributed by atoms with Gasteiger partial charge in [-0.25, -0.2) is 9.18 Å². The Bertz CT molecular complexity index is 1620. The first-order valence-corrected chi connectivity index (χ1v) is 10.2. The maximum absolute atomic E-state index is 14.2. The second-order valence-electron chi connectivity index (χ2n) is 7.79. The van der Waals surface area contributed by atoms with Gasteiger partial charge in [0.05, 0.1) is 22.7 Å². The second-order valence-corrected chi connectivity index (χ2v) is 7.79. The van der Waals surface area contributed by atoms with Crippen LogP contribution in [0.5, 0.6) is 0 Å². The van der Waals surface area contributed by atoms with Gasteiger partial charge in [-0.05, 0) is 53.9 Å². The number of benzene rings is 3. The van der Waals surface area contributed by atoms with Crippen molar-refractivity contribution >= 4 is 27.9 Å². The summed E-state index contributed by atoms with van der Waals surface area (Å²) in [7, 11) is 0. The lowest BCUT2D eigenvalue weighted by atomic mass is 10.1. The summed E-state index contributed by atoms with van der Waals surface area (Å²) in [4.78, 5) is 12.8. The number of carbonyl (C=O) groups excluding carboxylic acids is 1. The van der Waals surface area contributed by atoms with Crippen molar-refractivity contribution in [3.63, 3.8) is 0 Å². The van der Waals surface area contributed by atoms with Crippen LogP contribution < -0.4 is 0 Å². The largest absolute Gasteiger partial charge is 0.443 e. The van der Waals surface area contributed by atoms with E-state index in [9.17, 15) is 9.18 Å². The molecule has 5 nitrogen and oxygen atoms in total. The maximum Gasteiger partial charge on any atom is 0.435 e. The monoisotopic (exact) mass is 431 g/mol. The lowest BCUT2D eigenvalue weighted by Gasteiger charge is -2.13. The van der Waals surface area contributed by atoms with E-state index in [0.29, 0.717) is 21.8 Å². The van der Waals surface area contributed by atoms with E-state index >= 15 is 0 Å². The summed E-state index contributed by atoms with van der Waals surface area (Å²) in [5.41, 5.74) is 2.65. The Balaban J connectivity index is 1.65. The van der Waals surface area contributed by atoms with Crippen molar-refractivity contribution in [2.75, 3.05) is 0 Å². The van der Waals surface area contributed by atoms with E-state index < -0.39 is 36.1 Å². The summed E-state index contributed by atoms with van der Waals surface area (Å²) >= 11 is 0. The predicted molar refractivity (Wildman–Crippen MR) is 123 cm³/mol. The first-order valence-electron chi connectivity index (χ1n) is 12.2. The van der Waals surface area contributed by atoms with Crippen molar-refractivity contribution in [1.82, 2.24) is 14.3 Å². The SMILES string of the molecule is [2H]c1c([2H])c(-n2c(C(C)C)cc3cc4c(cnn4C(=O)OCc4ccccc4)cc32)c([2H])c([2H])c1F. The van der Waals surface area contributed by atoms with Gasteiger partial charge in [-0.15, -0.1) is 0 Å². The van der Waals surface area contributed by atoms with Crippen LogP contribution in [0.25, 0.3) is 27.5 Å². The zero-order chi connectivity index (χ0) is 25.7. The molecular formula is C26H22FN3O2. The number of rotatable bonds is 4. The third-order valence-electron chi connectivity index (χ3n) is 5.29. The molecule has 0 atom stereocenters. The number of ether oxygens (including phenoxy) is 1. The van der Waals surface area contributed by atoms with Gasteiger partial charge in [0.1, 0.15) is 12.4 Å². The highest BCUT2D eigenvalue weighted by molar-refractivity contribution is 5.99. The van der Waals surface area contributed by atoms with Crippen LogP contribution in [-0.2, 0) is 11.3 Å². The molecule has 5 rings (SSSR count). The highest BCUT2D eigenvalue weighted by atomic mass is 19.1. The zero-order valence-corrected chi connectivity index (χ0v) is 17.5. The van der Waals surface area contributed by atoms with E-state index in [1.165, 1.54) is 10.9 Å². The molecule has 3 aromatic carbocycles. The normalized spacial score (nSPS) is 13.2. The van der Waals surface area contributed by atoms with Crippen LogP contribution in [0.4, 0.5) is 9.18 Å². The number of fused-ring (bicyclic) bond motifs is 2. The van der Waals surface area contributed by atoms with Gasteiger partial charge in [-0.2, -0.15) is 9.78 Å². The number of aromatic nitrogens is 3. The van der Waals surface area contributed by atoms with Crippen LogP contribution in [0.15, 0.2) is 78.9 Å². The van der Waals surface area contributed by atoms with Gasteiger partial charge in [-0.3, -0.25) is 0 Å². The zero-order valence-electron chi connectivity index (χ0n) is 21.5. The number of halogens is 1. The molecule has 0 aliphatic carbocycles. The van der Waals surface area contributed by atoms with Gasteiger partial charge in [-0.1, -0.05) is 44.2 Å². The van der Waals surface area contributed by atoms with Gasteiger partial charge in [0, 0.05) is 22.2 Å². The fourth-order valence-electron chi connectivity index (χ4n) is 3.75. The lowest BCUT2D eigenvalue weighted by molar-refractivity contribution is 0.139. The molecule has 32 heavy (non-hydrogen) atoms. The molecule has 0 amide bonds. The van der Waals surface area contributed by atoms with E-state index in [1.807, 2.05) is 50.2 Å². The average Bonchev–Trinajstić information content (AvgIpc) is 3.45. The highest BCUT2D eigenvalue weighted by Crippen LogP contribution is 2.32. The van der Waals surface area contributed by atoms with Crippen LogP contribution in [-0.4, -0.2) is 20.4 Å². The van der Waals surface area contributed by atoms with E-state index in [0.717, 1.165) is 11.3 Å². The van der Waals surface area contributed by atoms with Crippen molar-refractivity contribution in [3.8, 4) is 5.69 Å². The molecule has 0 spiro atoms. The third-order valence-corrected chi connectivity index (χ3v) is 5.29. The Kier molecular flexibility index (Phi) is 3.93. The summed E-state index contributed by atoms with van der Waals surface area (Å²) in [6.45, 7) is 3.98. The van der Waals surface area contributed by atoms with Crippen molar-refractivity contribution in [2.45, 2.75) is 26.4 Å². The Morgan fingerprint density at radius 3 is 2.50 bits per heavy atom. The number of nitrogens with zero attached hydrogens (tertiary/aromatic N) is 3. The van der Waals surface area contributed by atoms with Crippen molar-refractivity contribution in [1.29, 1.82) is 0 Å². The first kappa shape index (κ1) is 15.8. The lowest BCUT2D eigenvalue weighted by Crippen LogP contribution is -2.14. The fourth-order valence-corrected chi connectivity index (χ4v) is 3.75. The molecule has 5 aromatic rings. The molecule has 6 heteroatoms. The summed E-state index contributed by atoms with van der Waals surface area (Å²) in [5, 5.41) is 5.51. The van der Waals surface area contributed by atoms with Crippen LogP contribution in [0.3, 0.4) is 0 Å². The topological polar surface area (TPSA) is 49.0 Å². The molecule has 2 aromatic heterocycles. The number of carbonyl (C=O) groups is 1. The van der Waals surface area contributed by atoms with Crippen molar-refractivity contribution in [3.05, 3.63) is 96.0 Å². The minimum absolute atomic E-state index is 0.0286. The molecule has 160 valence electrons. The molecule has 0 fully saturated rings. The molecule has 0 saturated carbocycles. The Morgan fingerprint density at radius 1 is 1.06 bits per heavy atom. The molecule has 0 N–H and O–H groups in total. The first-order chi connectivity index (χ1) is 17.2. The average molecular weight is 432 g/mol. The summed E-state index contributed by atoms with van der Waals surface area (Å²) in [5.74, 6) is -1.24. The van der Waals surface area contributed by atoms with E-state index in [4.69, 9.17) is 10.2 Å². The van der Waals surface area contributed by atoms with E-state index in [2.05, 4.69) is 5.10 Å². The standard InChI is InChI=1S/C26H22FN3O2/c1-17(2)23-12-19-13-25-20(14-24(19)29(23)22-10-8-21(27)9-11-22)15-28-30(25)26(31)32-16-18-6-4-3-5-7-18/h3-15,17H,16H2,1-2H3/i8D,9D,10D,11D. The molecule has 2 heterocycles. The predicted octanol–water partition coefficient (Wildman–Crippen LogP) is 6.43. The second kappa shape index (κ2) is 7.96. The fraction of sp³-hybridized carbons (Fsp3) is 0.154. The quantitative estimate of drug-likeness (QED) is 0.330. The number of hydrogen-bond acceptors (Lipinski definition) is 3. The Labute approximate surface area is 190 Å². The maximum atomic E-state index is 14.2. The minimum atomic E-state index is -1.19. The Morgan fingerprint density at radius 2 is 1.78 bits per heavy atom. The molecule has 0 aliphatic heterocycles. The number of hydrogen-bond donors (Lipinski definition) is 0. The molecule has 0 saturated heterocycles. The van der Waals surface area contributed by atoms with E-state index in [-0.39, 0.29) is 18.2 Å². The van der Waals surface area contributed by atoms with Gasteiger partial charge >= 0.3 is 6.09 Å². The van der Waals surface area contributed by atoms with Crippen molar-refractivity contribution in [2.24, 2.45) is 0 Å². The summed E-state index contributed by atoms with van der Waals surface area (Å²) < 4.78 is 55.1. The van der Waals surface area contributed by atoms with Crippen LogP contribution >= 0.6 is 0 Å². The molecule has 0 bridgehead atoms. The minimum Gasteiger partial charge on any atom is -0.443 e. The van der Waals surface area contributed by atoms with Crippen LogP contribution in [0.2, 0.25) is 0 Å². The molecule has 0 unspecified atom stereocenters.